The normalized spacial score (nSPS) is 29.1. The van der Waals surface area contributed by atoms with E-state index in [2.05, 4.69) is 20.3 Å². The van der Waals surface area contributed by atoms with E-state index in [1.807, 2.05) is 6.92 Å². The third kappa shape index (κ3) is 2.35. The summed E-state index contributed by atoms with van der Waals surface area (Å²) in [6, 6.07) is 0. The molecule has 0 spiro atoms. The third-order valence-corrected chi connectivity index (χ3v) is 5.06. The highest BCUT2D eigenvalue weighted by atomic mass is 32.2. The van der Waals surface area contributed by atoms with Crippen LogP contribution in [0.4, 0.5) is 5.82 Å². The second-order valence-corrected chi connectivity index (χ2v) is 6.17. The average Bonchev–Trinajstić information content (AvgIpc) is 3.03. The van der Waals surface area contributed by atoms with Crippen molar-refractivity contribution in [2.75, 3.05) is 18.5 Å². The maximum atomic E-state index is 10.2. The van der Waals surface area contributed by atoms with Gasteiger partial charge in [-0.05, 0) is 6.92 Å². The molecule has 0 aromatic carbocycles. The molecule has 2 aromatic rings. The second-order valence-electron chi connectivity index (χ2n) is 4.81. The molecule has 1 unspecified atom stereocenters. The number of imidazole rings is 1. The summed E-state index contributed by atoms with van der Waals surface area (Å²) in [6.07, 6.45) is 1.05. The molecule has 9 heteroatoms. The van der Waals surface area contributed by atoms with Crippen LogP contribution < -0.4 is 5.32 Å². The van der Waals surface area contributed by atoms with Crippen LogP contribution >= 0.6 is 11.8 Å². The van der Waals surface area contributed by atoms with Crippen molar-refractivity contribution >= 4 is 28.7 Å². The van der Waals surface area contributed by atoms with E-state index in [0.717, 1.165) is 0 Å². The maximum absolute atomic E-state index is 10.2. The van der Waals surface area contributed by atoms with Crippen molar-refractivity contribution in [3.8, 4) is 0 Å². The number of thioether (sulfide) groups is 1. The van der Waals surface area contributed by atoms with Gasteiger partial charge < -0.3 is 20.6 Å². The molecule has 0 bridgehead atoms. The Morgan fingerprint density at radius 2 is 2.10 bits per heavy atom. The molecule has 3 heterocycles. The summed E-state index contributed by atoms with van der Waals surface area (Å²) in [5, 5.41) is 31.6. The van der Waals surface area contributed by atoms with Crippen LogP contribution in [-0.4, -0.2) is 65.4 Å². The van der Waals surface area contributed by atoms with Crippen LogP contribution in [0.2, 0.25) is 0 Å². The summed E-state index contributed by atoms with van der Waals surface area (Å²) in [6.45, 7) is 2.48. The monoisotopic (exact) mass is 311 g/mol. The maximum Gasteiger partial charge on any atom is 0.166 e. The van der Waals surface area contributed by atoms with Gasteiger partial charge >= 0.3 is 0 Å². The van der Waals surface area contributed by atoms with Gasteiger partial charge in [-0.15, -0.1) is 11.8 Å². The molecule has 4 atom stereocenters. The zero-order valence-electron chi connectivity index (χ0n) is 11.4. The summed E-state index contributed by atoms with van der Waals surface area (Å²) in [5.74, 6) is 0.637. The standard InChI is InChI=1S/C12H17N5O3S/c1-2-13-10-7-11(15-4-14-10)17(5-16-7)12-9(20)8(19)6(3-18)21-12/h4-6,8-9,12,18-20H,2-3H2,1H3,(H,13,14,15)/t6-,8+,9?,12-/m1/s1. The van der Waals surface area contributed by atoms with Crippen molar-refractivity contribution in [3.63, 3.8) is 0 Å². The molecule has 1 aliphatic heterocycles. The summed E-state index contributed by atoms with van der Waals surface area (Å²) < 4.78 is 1.71. The molecule has 114 valence electrons. The summed E-state index contributed by atoms with van der Waals surface area (Å²) in [5.41, 5.74) is 1.21. The van der Waals surface area contributed by atoms with Gasteiger partial charge in [-0.2, -0.15) is 0 Å². The van der Waals surface area contributed by atoms with Crippen molar-refractivity contribution in [2.24, 2.45) is 0 Å². The molecule has 3 rings (SSSR count). The molecular weight excluding hydrogens is 294 g/mol. The number of anilines is 1. The van der Waals surface area contributed by atoms with Gasteiger partial charge in [0.2, 0.25) is 0 Å². The van der Waals surface area contributed by atoms with E-state index < -0.39 is 22.8 Å². The fourth-order valence-corrected chi connectivity index (χ4v) is 3.82. The molecule has 0 aliphatic carbocycles. The summed E-state index contributed by atoms with van der Waals surface area (Å²) >= 11 is 1.31. The van der Waals surface area contributed by atoms with Crippen molar-refractivity contribution < 1.29 is 15.3 Å². The zero-order valence-corrected chi connectivity index (χ0v) is 12.2. The van der Waals surface area contributed by atoms with E-state index in [1.165, 1.54) is 18.1 Å². The SMILES string of the molecule is CCNc1ncnc2c1ncn2[C@@H]1S[C@H](CO)[C@H](O)C1O. The van der Waals surface area contributed by atoms with Crippen LogP contribution in [0, 0.1) is 0 Å². The van der Waals surface area contributed by atoms with E-state index in [1.54, 1.807) is 10.9 Å². The third-order valence-electron chi connectivity index (χ3n) is 3.49. The molecule has 0 amide bonds. The quantitative estimate of drug-likeness (QED) is 0.602. The number of hydrogen-bond donors (Lipinski definition) is 4. The smallest absolute Gasteiger partial charge is 0.166 e. The Morgan fingerprint density at radius 1 is 1.29 bits per heavy atom. The van der Waals surface area contributed by atoms with E-state index in [-0.39, 0.29) is 6.61 Å². The molecule has 2 aromatic heterocycles. The summed E-state index contributed by atoms with van der Waals surface area (Å²) in [4.78, 5) is 12.7. The Hall–Kier alpha value is -1.42. The first-order chi connectivity index (χ1) is 10.2. The lowest BCUT2D eigenvalue weighted by atomic mass is 10.1. The van der Waals surface area contributed by atoms with Crippen LogP contribution in [0.15, 0.2) is 12.7 Å². The van der Waals surface area contributed by atoms with E-state index in [9.17, 15) is 15.3 Å². The minimum atomic E-state index is -0.984. The predicted octanol–water partition coefficient (Wildman–Crippen LogP) is -0.414. The van der Waals surface area contributed by atoms with Gasteiger partial charge in [0.05, 0.1) is 24.3 Å². The van der Waals surface area contributed by atoms with Crippen molar-refractivity contribution in [1.29, 1.82) is 0 Å². The molecule has 1 fully saturated rings. The first-order valence-electron chi connectivity index (χ1n) is 6.71. The number of aliphatic hydroxyl groups is 3. The fourth-order valence-electron chi connectivity index (χ4n) is 2.44. The van der Waals surface area contributed by atoms with Crippen molar-refractivity contribution in [2.45, 2.75) is 29.8 Å². The number of nitrogens with one attached hydrogen (secondary N) is 1. The number of hydrogen-bond acceptors (Lipinski definition) is 8. The Labute approximate surface area is 125 Å². The van der Waals surface area contributed by atoms with Gasteiger partial charge in [-0.25, -0.2) is 15.0 Å². The first kappa shape index (κ1) is 14.5. The van der Waals surface area contributed by atoms with Gasteiger partial charge in [0.25, 0.3) is 0 Å². The van der Waals surface area contributed by atoms with Crippen LogP contribution in [0.1, 0.15) is 12.3 Å². The second kappa shape index (κ2) is 5.76. The van der Waals surface area contributed by atoms with Crippen LogP contribution in [-0.2, 0) is 0 Å². The van der Waals surface area contributed by atoms with Crippen molar-refractivity contribution in [3.05, 3.63) is 12.7 Å². The minimum absolute atomic E-state index is 0.191. The number of fused-ring (bicyclic) bond motifs is 1. The van der Waals surface area contributed by atoms with Gasteiger partial charge in [0.1, 0.15) is 23.3 Å². The average molecular weight is 311 g/mol. The topological polar surface area (TPSA) is 116 Å². The molecule has 0 radical (unpaired) electrons. The van der Waals surface area contributed by atoms with Crippen molar-refractivity contribution in [1.82, 2.24) is 19.5 Å². The van der Waals surface area contributed by atoms with Gasteiger partial charge in [-0.3, -0.25) is 4.57 Å². The highest BCUT2D eigenvalue weighted by Crippen LogP contribution is 2.42. The van der Waals surface area contributed by atoms with Gasteiger partial charge in [0, 0.05) is 6.54 Å². The van der Waals surface area contributed by atoms with Crippen LogP contribution in [0.25, 0.3) is 11.2 Å². The van der Waals surface area contributed by atoms with E-state index >= 15 is 0 Å². The lowest BCUT2D eigenvalue weighted by Gasteiger charge is -2.17. The molecular formula is C12H17N5O3S. The Morgan fingerprint density at radius 3 is 2.76 bits per heavy atom. The van der Waals surface area contributed by atoms with E-state index in [4.69, 9.17) is 0 Å². The lowest BCUT2D eigenvalue weighted by molar-refractivity contribution is 0.0113. The van der Waals surface area contributed by atoms with Gasteiger partial charge in [0.15, 0.2) is 11.5 Å². The molecule has 0 saturated carbocycles. The zero-order chi connectivity index (χ0) is 15.0. The molecule has 8 nitrogen and oxygen atoms in total. The lowest BCUT2D eigenvalue weighted by Crippen LogP contribution is -2.32. The fraction of sp³-hybridized carbons (Fsp3) is 0.583. The van der Waals surface area contributed by atoms with Crippen LogP contribution in [0.3, 0.4) is 0 Å². The van der Waals surface area contributed by atoms with Crippen LogP contribution in [0.5, 0.6) is 0 Å². The Bertz CT molecular complexity index is 636. The van der Waals surface area contributed by atoms with Gasteiger partial charge in [-0.1, -0.05) is 0 Å². The Balaban J connectivity index is 2.00. The minimum Gasteiger partial charge on any atom is -0.395 e. The number of aromatic nitrogens is 4. The molecule has 1 aliphatic rings. The molecule has 1 saturated heterocycles. The first-order valence-corrected chi connectivity index (χ1v) is 7.65. The van der Waals surface area contributed by atoms with E-state index in [0.29, 0.717) is 23.5 Å². The highest BCUT2D eigenvalue weighted by Gasteiger charge is 2.43. The Kier molecular flexibility index (Phi) is 3.98. The highest BCUT2D eigenvalue weighted by molar-refractivity contribution is 8.00. The number of nitrogens with zero attached hydrogens (tertiary/aromatic N) is 4. The molecule has 4 N–H and O–H groups in total. The largest absolute Gasteiger partial charge is 0.395 e. The number of rotatable bonds is 4. The predicted molar refractivity (Wildman–Crippen MR) is 79.0 cm³/mol. The summed E-state index contributed by atoms with van der Waals surface area (Å²) in [7, 11) is 0. The molecule has 21 heavy (non-hydrogen) atoms. The number of aliphatic hydroxyl groups excluding tert-OH is 3.